The Morgan fingerprint density at radius 2 is 2.10 bits per heavy atom. The lowest BCUT2D eigenvalue weighted by Crippen LogP contribution is -2.36. The van der Waals surface area contributed by atoms with Crippen LogP contribution in [0.3, 0.4) is 0 Å². The van der Waals surface area contributed by atoms with Crippen molar-refractivity contribution < 1.29 is 14.8 Å². The maximum atomic E-state index is 10.8. The van der Waals surface area contributed by atoms with Gasteiger partial charge < -0.3 is 9.84 Å². The molecule has 1 N–H and O–H groups in total. The van der Waals surface area contributed by atoms with Gasteiger partial charge >= 0.3 is 0 Å². The van der Waals surface area contributed by atoms with Crippen LogP contribution < -0.4 is 0 Å². The van der Waals surface area contributed by atoms with E-state index in [9.17, 15) is 15.2 Å². The summed E-state index contributed by atoms with van der Waals surface area (Å²) >= 11 is 3.15. The maximum absolute atomic E-state index is 10.8. The number of non-ortho nitro benzene ring substituents is 1. The average Bonchev–Trinajstić information content (AvgIpc) is 2.44. The normalized spacial score (nSPS) is 16.2. The van der Waals surface area contributed by atoms with Crippen LogP contribution in [-0.2, 0) is 11.2 Å². The summed E-state index contributed by atoms with van der Waals surface area (Å²) < 4.78 is 5.65. The number of benzene rings is 1. The molecule has 1 fully saturated rings. The highest BCUT2D eigenvalue weighted by molar-refractivity contribution is 9.10. The SMILES string of the molecule is O=[N+]([O-])c1cc(Br)c(O)c(CCCN2CCOCC2)c1. The van der Waals surface area contributed by atoms with Crippen molar-refractivity contribution in [3.63, 3.8) is 0 Å². The molecule has 2 rings (SSSR count). The smallest absolute Gasteiger partial charge is 0.271 e. The summed E-state index contributed by atoms with van der Waals surface area (Å²) in [4.78, 5) is 12.7. The zero-order valence-corrected chi connectivity index (χ0v) is 12.6. The highest BCUT2D eigenvalue weighted by Gasteiger charge is 2.15. The second kappa shape index (κ2) is 7.01. The number of morpholine rings is 1. The number of aryl methyl sites for hydroxylation is 1. The average molecular weight is 345 g/mol. The Hall–Kier alpha value is -1.18. The molecule has 1 saturated heterocycles. The fourth-order valence-corrected chi connectivity index (χ4v) is 2.74. The number of hydrogen-bond acceptors (Lipinski definition) is 5. The predicted octanol–water partition coefficient (Wildman–Crippen LogP) is 2.33. The van der Waals surface area contributed by atoms with Gasteiger partial charge in [0.2, 0.25) is 0 Å². The third-order valence-electron chi connectivity index (χ3n) is 3.36. The zero-order chi connectivity index (χ0) is 14.5. The fourth-order valence-electron chi connectivity index (χ4n) is 2.25. The van der Waals surface area contributed by atoms with Gasteiger partial charge in [0.25, 0.3) is 5.69 Å². The van der Waals surface area contributed by atoms with E-state index >= 15 is 0 Å². The quantitative estimate of drug-likeness (QED) is 0.655. The maximum Gasteiger partial charge on any atom is 0.271 e. The monoisotopic (exact) mass is 344 g/mol. The molecule has 1 aliphatic heterocycles. The van der Waals surface area contributed by atoms with Crippen molar-refractivity contribution in [3.05, 3.63) is 32.3 Å². The Morgan fingerprint density at radius 1 is 1.40 bits per heavy atom. The van der Waals surface area contributed by atoms with E-state index in [1.807, 2.05) is 0 Å². The fraction of sp³-hybridized carbons (Fsp3) is 0.538. The molecular weight excluding hydrogens is 328 g/mol. The molecule has 20 heavy (non-hydrogen) atoms. The van der Waals surface area contributed by atoms with Gasteiger partial charge in [0.1, 0.15) is 5.75 Å². The summed E-state index contributed by atoms with van der Waals surface area (Å²) in [5, 5.41) is 20.8. The molecule has 1 aliphatic rings. The summed E-state index contributed by atoms with van der Waals surface area (Å²) in [6.45, 7) is 4.26. The molecule has 1 aromatic carbocycles. The van der Waals surface area contributed by atoms with E-state index in [4.69, 9.17) is 4.74 Å². The molecule has 0 saturated carbocycles. The largest absolute Gasteiger partial charge is 0.506 e. The molecule has 0 unspecified atom stereocenters. The molecule has 0 aliphatic carbocycles. The van der Waals surface area contributed by atoms with Gasteiger partial charge in [0, 0.05) is 30.8 Å². The molecule has 0 amide bonds. The van der Waals surface area contributed by atoms with E-state index in [0.29, 0.717) is 16.5 Å². The van der Waals surface area contributed by atoms with Crippen molar-refractivity contribution in [2.45, 2.75) is 12.8 Å². The van der Waals surface area contributed by atoms with E-state index in [-0.39, 0.29) is 11.4 Å². The van der Waals surface area contributed by atoms with Crippen molar-refractivity contribution in [2.24, 2.45) is 0 Å². The Morgan fingerprint density at radius 3 is 2.75 bits per heavy atom. The lowest BCUT2D eigenvalue weighted by Gasteiger charge is -2.26. The van der Waals surface area contributed by atoms with Gasteiger partial charge in [-0.3, -0.25) is 15.0 Å². The minimum absolute atomic E-state index is 0.00366. The Balaban J connectivity index is 1.96. The summed E-state index contributed by atoms with van der Waals surface area (Å²) in [6.07, 6.45) is 1.46. The molecule has 0 radical (unpaired) electrons. The topological polar surface area (TPSA) is 75.8 Å². The lowest BCUT2D eigenvalue weighted by molar-refractivity contribution is -0.385. The Bertz CT molecular complexity index is 490. The summed E-state index contributed by atoms with van der Waals surface area (Å²) in [5.41, 5.74) is 0.607. The molecule has 1 aromatic rings. The van der Waals surface area contributed by atoms with E-state index in [1.54, 1.807) is 0 Å². The van der Waals surface area contributed by atoms with Crippen LogP contribution >= 0.6 is 15.9 Å². The van der Waals surface area contributed by atoms with Crippen LogP contribution in [-0.4, -0.2) is 47.8 Å². The van der Waals surface area contributed by atoms with Crippen LogP contribution in [0.25, 0.3) is 0 Å². The molecule has 1 heterocycles. The molecule has 6 nitrogen and oxygen atoms in total. The number of ether oxygens (including phenoxy) is 1. The van der Waals surface area contributed by atoms with Crippen molar-refractivity contribution in [1.82, 2.24) is 4.90 Å². The number of phenols is 1. The molecule has 0 atom stereocenters. The number of halogens is 1. The number of nitrogens with zero attached hydrogens (tertiary/aromatic N) is 2. The van der Waals surface area contributed by atoms with Crippen LogP contribution in [0, 0.1) is 10.1 Å². The number of hydrogen-bond donors (Lipinski definition) is 1. The molecule has 0 aromatic heterocycles. The van der Waals surface area contributed by atoms with Crippen LogP contribution in [0.5, 0.6) is 5.75 Å². The molecule has 0 bridgehead atoms. The minimum atomic E-state index is -0.449. The van der Waals surface area contributed by atoms with Gasteiger partial charge in [-0.2, -0.15) is 0 Å². The minimum Gasteiger partial charge on any atom is -0.506 e. The van der Waals surface area contributed by atoms with E-state index in [0.717, 1.165) is 39.3 Å². The number of nitro groups is 1. The first kappa shape index (κ1) is 15.2. The zero-order valence-electron chi connectivity index (χ0n) is 11.0. The highest BCUT2D eigenvalue weighted by atomic mass is 79.9. The number of rotatable bonds is 5. The second-order valence-corrected chi connectivity index (χ2v) is 5.60. The summed E-state index contributed by atoms with van der Waals surface area (Å²) in [5.74, 6) is 0.0950. The first-order valence-corrected chi connectivity index (χ1v) is 7.33. The highest BCUT2D eigenvalue weighted by Crippen LogP contribution is 2.33. The van der Waals surface area contributed by atoms with Gasteiger partial charge in [0.05, 0.1) is 22.6 Å². The summed E-state index contributed by atoms with van der Waals surface area (Å²) in [7, 11) is 0. The lowest BCUT2D eigenvalue weighted by atomic mass is 10.1. The summed E-state index contributed by atoms with van der Waals surface area (Å²) in [6, 6.07) is 2.76. The van der Waals surface area contributed by atoms with Crippen LogP contribution in [0.15, 0.2) is 16.6 Å². The first-order chi connectivity index (χ1) is 9.58. The number of aromatic hydroxyl groups is 1. The van der Waals surface area contributed by atoms with E-state index < -0.39 is 4.92 Å². The second-order valence-electron chi connectivity index (χ2n) is 4.75. The first-order valence-electron chi connectivity index (χ1n) is 6.54. The molecular formula is C13H17BrN2O4. The van der Waals surface area contributed by atoms with Crippen molar-refractivity contribution in [3.8, 4) is 5.75 Å². The van der Waals surface area contributed by atoms with Gasteiger partial charge in [-0.15, -0.1) is 0 Å². The van der Waals surface area contributed by atoms with Crippen molar-refractivity contribution in [1.29, 1.82) is 0 Å². The molecule has 7 heteroatoms. The standard InChI is InChI=1S/C13H17BrN2O4/c14-12-9-11(16(18)19)8-10(13(12)17)2-1-3-15-4-6-20-7-5-15/h8-9,17H,1-7H2. The number of nitro benzene ring substituents is 1. The van der Waals surface area contributed by atoms with Crippen LogP contribution in [0.1, 0.15) is 12.0 Å². The van der Waals surface area contributed by atoms with Crippen molar-refractivity contribution in [2.75, 3.05) is 32.8 Å². The van der Waals surface area contributed by atoms with Gasteiger partial charge in [0.15, 0.2) is 0 Å². The Labute approximate surface area is 125 Å². The van der Waals surface area contributed by atoms with Gasteiger partial charge in [-0.25, -0.2) is 0 Å². The van der Waals surface area contributed by atoms with Crippen LogP contribution in [0.4, 0.5) is 5.69 Å². The third kappa shape index (κ3) is 3.91. The third-order valence-corrected chi connectivity index (χ3v) is 3.97. The predicted molar refractivity (Wildman–Crippen MR) is 78.0 cm³/mol. The van der Waals surface area contributed by atoms with Gasteiger partial charge in [-0.1, -0.05) is 0 Å². The van der Waals surface area contributed by atoms with Crippen LogP contribution in [0.2, 0.25) is 0 Å². The Kier molecular flexibility index (Phi) is 5.33. The van der Waals surface area contributed by atoms with E-state index in [1.165, 1.54) is 12.1 Å². The van der Waals surface area contributed by atoms with Gasteiger partial charge in [-0.05, 0) is 35.3 Å². The van der Waals surface area contributed by atoms with Crippen molar-refractivity contribution >= 4 is 21.6 Å². The number of phenolic OH excluding ortho intramolecular Hbond substituents is 1. The van der Waals surface area contributed by atoms with E-state index in [2.05, 4.69) is 20.8 Å². The molecule has 110 valence electrons. The molecule has 0 spiro atoms.